The number of ether oxygens (including phenoxy) is 2. The molecule has 2 aliphatic rings. The van der Waals surface area contributed by atoms with Crippen molar-refractivity contribution in [1.29, 1.82) is 0 Å². The van der Waals surface area contributed by atoms with Gasteiger partial charge in [0.25, 0.3) is 5.56 Å². The summed E-state index contributed by atoms with van der Waals surface area (Å²) in [5.74, 6) is 11.7. The maximum Gasteiger partial charge on any atom is 0.348 e. The lowest BCUT2D eigenvalue weighted by Gasteiger charge is -2.21. The van der Waals surface area contributed by atoms with Gasteiger partial charge in [0.15, 0.2) is 0 Å². The van der Waals surface area contributed by atoms with E-state index in [0.29, 0.717) is 57.0 Å². The van der Waals surface area contributed by atoms with Gasteiger partial charge in [-0.3, -0.25) is 19.2 Å². The minimum Gasteiger partial charge on any atom is -0.462 e. The van der Waals surface area contributed by atoms with E-state index in [1.165, 1.54) is 35.2 Å². The number of rotatable bonds is 10. The van der Waals surface area contributed by atoms with Crippen LogP contribution in [0.4, 0.5) is 5.69 Å². The second-order valence-electron chi connectivity index (χ2n) is 11.2. The summed E-state index contributed by atoms with van der Waals surface area (Å²) < 4.78 is 12.4. The Labute approximate surface area is 273 Å². The van der Waals surface area contributed by atoms with Crippen LogP contribution in [0.15, 0.2) is 51.8 Å². The third kappa shape index (κ3) is 6.83. The van der Waals surface area contributed by atoms with Gasteiger partial charge in [-0.15, -0.1) is 11.3 Å². The number of hydrogen-bond donors (Lipinski definition) is 3. The van der Waals surface area contributed by atoms with E-state index in [4.69, 9.17) is 37.7 Å². The Hall–Kier alpha value is -4.53. The number of aryl methyl sites for hydroxylation is 1. The summed E-state index contributed by atoms with van der Waals surface area (Å²) in [6.45, 7) is -0.0392. The van der Waals surface area contributed by atoms with Gasteiger partial charge in [0.2, 0.25) is 0 Å². The number of imidazole rings is 1. The van der Waals surface area contributed by atoms with Gasteiger partial charge < -0.3 is 20.3 Å². The molecule has 0 radical (unpaired) electrons. The predicted molar refractivity (Wildman–Crippen MR) is 175 cm³/mol. The molecule has 0 bridgehead atoms. The van der Waals surface area contributed by atoms with E-state index in [1.807, 2.05) is 5.38 Å². The zero-order valence-corrected chi connectivity index (χ0v) is 26.4. The Morgan fingerprint density at radius 1 is 1.20 bits per heavy atom. The van der Waals surface area contributed by atoms with E-state index in [2.05, 4.69) is 15.1 Å². The first kappa shape index (κ1) is 31.5. The number of hydrazine groups is 1. The van der Waals surface area contributed by atoms with Gasteiger partial charge in [0, 0.05) is 34.0 Å². The summed E-state index contributed by atoms with van der Waals surface area (Å²) in [6.07, 6.45) is 9.20. The molecule has 1 atom stereocenters. The molecule has 4 heterocycles. The maximum atomic E-state index is 13.4. The summed E-state index contributed by atoms with van der Waals surface area (Å²) >= 11 is 7.50. The molecule has 15 heteroatoms. The summed E-state index contributed by atoms with van der Waals surface area (Å²) in [7, 11) is 0. The minimum atomic E-state index is -0.504. The first-order valence-electron chi connectivity index (χ1n) is 15.0. The van der Waals surface area contributed by atoms with Gasteiger partial charge in [0.05, 0.1) is 35.7 Å². The number of benzene rings is 1. The molecule has 6 rings (SSSR count). The molecule has 46 heavy (non-hydrogen) atoms. The van der Waals surface area contributed by atoms with Gasteiger partial charge in [-0.2, -0.15) is 5.10 Å². The van der Waals surface area contributed by atoms with E-state index >= 15 is 0 Å². The molecule has 1 saturated carbocycles. The molecule has 5 N–H and O–H groups in total. The van der Waals surface area contributed by atoms with Gasteiger partial charge in [-0.05, 0) is 56.4 Å². The van der Waals surface area contributed by atoms with Crippen LogP contribution in [0.25, 0.3) is 22.5 Å². The van der Waals surface area contributed by atoms with Crippen LogP contribution in [0.1, 0.15) is 72.3 Å². The van der Waals surface area contributed by atoms with E-state index in [0.717, 1.165) is 31.2 Å². The maximum absolute atomic E-state index is 13.4. The van der Waals surface area contributed by atoms with Crippen molar-refractivity contribution in [3.8, 4) is 22.5 Å². The highest BCUT2D eigenvalue weighted by Crippen LogP contribution is 2.34. The lowest BCUT2D eigenvalue weighted by atomic mass is 9.98. The average molecular weight is 665 g/mol. The van der Waals surface area contributed by atoms with Crippen molar-refractivity contribution in [3.63, 3.8) is 0 Å². The Morgan fingerprint density at radius 3 is 2.83 bits per heavy atom. The number of nitrogens with one attached hydrogen (secondary N) is 1. The van der Waals surface area contributed by atoms with Crippen LogP contribution in [0.5, 0.6) is 0 Å². The Kier molecular flexibility index (Phi) is 9.47. The summed E-state index contributed by atoms with van der Waals surface area (Å²) in [5, 5.41) is 6.98. The molecule has 1 aromatic carbocycles. The Balaban J connectivity index is 1.12. The largest absolute Gasteiger partial charge is 0.462 e. The number of hydrogen-bond acceptors (Lipinski definition) is 11. The monoisotopic (exact) mass is 664 g/mol. The average Bonchev–Trinajstić information content (AvgIpc) is 3.81. The number of thiophene rings is 1. The van der Waals surface area contributed by atoms with Crippen LogP contribution < -0.4 is 22.3 Å². The van der Waals surface area contributed by atoms with E-state index in [9.17, 15) is 14.4 Å². The number of H-pyrrole nitrogens is 1. The summed E-state index contributed by atoms with van der Waals surface area (Å²) in [4.78, 5) is 51.2. The Bertz CT molecular complexity index is 1830. The first-order chi connectivity index (χ1) is 22.3. The SMILES string of the molecule is N/N=C\N(N)c1ccc(Cl)cc1-c1cc(=O)n2c(n1)CCC2c1ncc(-c2csc(C(=O)OCCC(=O)OC3CCCCC3)c2)[nH]1. The van der Waals surface area contributed by atoms with Crippen molar-refractivity contribution in [2.45, 2.75) is 63.5 Å². The van der Waals surface area contributed by atoms with Crippen molar-refractivity contribution >= 4 is 46.9 Å². The zero-order chi connectivity index (χ0) is 32.2. The van der Waals surface area contributed by atoms with Crippen molar-refractivity contribution in [2.75, 3.05) is 11.6 Å². The lowest BCUT2D eigenvalue weighted by molar-refractivity contribution is -0.151. The molecule has 240 valence electrons. The number of halogens is 1. The number of nitrogens with two attached hydrogens (primary N) is 2. The molecule has 0 amide bonds. The van der Waals surface area contributed by atoms with E-state index < -0.39 is 5.97 Å². The molecule has 13 nitrogen and oxygen atoms in total. The topological polar surface area (TPSA) is 184 Å². The van der Waals surface area contributed by atoms with Crippen LogP contribution in [0.2, 0.25) is 5.02 Å². The van der Waals surface area contributed by atoms with Gasteiger partial charge in [-0.25, -0.2) is 20.6 Å². The van der Waals surface area contributed by atoms with Crippen LogP contribution >= 0.6 is 22.9 Å². The van der Waals surface area contributed by atoms with Gasteiger partial charge in [0.1, 0.15) is 35.6 Å². The summed E-state index contributed by atoms with van der Waals surface area (Å²) in [5.41, 5.74) is 2.72. The molecule has 4 aromatic rings. The van der Waals surface area contributed by atoms with Gasteiger partial charge >= 0.3 is 11.9 Å². The van der Waals surface area contributed by atoms with Crippen molar-refractivity contribution < 1.29 is 19.1 Å². The third-order valence-electron chi connectivity index (χ3n) is 8.09. The lowest BCUT2D eigenvalue weighted by Crippen LogP contribution is -2.30. The zero-order valence-electron chi connectivity index (χ0n) is 24.9. The number of aromatic nitrogens is 4. The number of esters is 2. The van der Waals surface area contributed by atoms with E-state index in [1.54, 1.807) is 35.0 Å². The fourth-order valence-corrected chi connectivity index (χ4v) is 6.85. The number of carbonyl (C=O) groups excluding carboxylic acids is 2. The number of fused-ring (bicyclic) bond motifs is 1. The quantitative estimate of drug-likeness (QED) is 0.0714. The molecule has 1 unspecified atom stereocenters. The van der Waals surface area contributed by atoms with Crippen LogP contribution in [0.3, 0.4) is 0 Å². The summed E-state index contributed by atoms with van der Waals surface area (Å²) in [6, 6.07) is 7.87. The molecule has 1 fully saturated rings. The molecule has 0 spiro atoms. The molecule has 0 saturated heterocycles. The highest BCUT2D eigenvalue weighted by Gasteiger charge is 2.29. The third-order valence-corrected chi connectivity index (χ3v) is 9.24. The van der Waals surface area contributed by atoms with Crippen molar-refractivity contribution in [1.82, 2.24) is 19.5 Å². The fraction of sp³-hybridized carbons (Fsp3) is 0.355. The highest BCUT2D eigenvalue weighted by atomic mass is 35.5. The fourth-order valence-electron chi connectivity index (χ4n) is 5.88. The Morgan fingerprint density at radius 2 is 2.02 bits per heavy atom. The standard InChI is InChI=1S/C31H33ClN8O5S/c32-19-6-7-24(39(34)17-36-33)21(13-19)22-14-28(41)40-25(8-9-27(40)37-22)30-35-15-23(38-30)18-12-26(46-16-18)31(43)44-11-10-29(42)45-20-4-2-1-3-5-20/h6-7,12-17,20,25H,1-5,8-11,33-34H2,(H,35,38)/b36-17-. The predicted octanol–water partition coefficient (Wildman–Crippen LogP) is 4.56. The van der Waals surface area contributed by atoms with Crippen molar-refractivity contribution in [2.24, 2.45) is 16.8 Å². The number of anilines is 1. The van der Waals surface area contributed by atoms with Gasteiger partial charge in [-0.1, -0.05) is 18.0 Å². The highest BCUT2D eigenvalue weighted by molar-refractivity contribution is 7.12. The molecule has 3 aromatic heterocycles. The van der Waals surface area contributed by atoms with Crippen LogP contribution in [0, 0.1) is 0 Å². The smallest absolute Gasteiger partial charge is 0.348 e. The normalized spacial score (nSPS) is 16.4. The second kappa shape index (κ2) is 13.8. The number of nitrogens with zero attached hydrogens (tertiary/aromatic N) is 5. The molecular weight excluding hydrogens is 632 g/mol. The first-order valence-corrected chi connectivity index (χ1v) is 16.3. The second-order valence-corrected chi connectivity index (χ2v) is 12.5. The number of carbonyl (C=O) groups is 2. The van der Waals surface area contributed by atoms with Crippen LogP contribution in [-0.2, 0) is 20.7 Å². The molecule has 1 aliphatic heterocycles. The number of aromatic amines is 1. The van der Waals surface area contributed by atoms with E-state index in [-0.39, 0.29) is 36.7 Å². The number of hydrazone groups is 1. The molecular formula is C31H33ClN8O5S. The minimum absolute atomic E-state index is 0.0245. The van der Waals surface area contributed by atoms with Crippen molar-refractivity contribution in [3.05, 3.63) is 73.8 Å². The van der Waals surface area contributed by atoms with Crippen LogP contribution in [-0.4, -0.2) is 50.5 Å². The molecule has 1 aliphatic carbocycles.